The second kappa shape index (κ2) is 8.08. The van der Waals surface area contributed by atoms with Crippen LogP contribution in [-0.2, 0) is 10.5 Å². The van der Waals surface area contributed by atoms with Crippen molar-refractivity contribution in [1.82, 2.24) is 15.5 Å². The highest BCUT2D eigenvalue weighted by atomic mass is 32.2. The SMILES string of the molecule is CSCc1nnc(SCC(=O)NC2CCCC(C)C2C)o1. The van der Waals surface area contributed by atoms with Gasteiger partial charge in [0.15, 0.2) is 0 Å². The number of carbonyl (C=O) groups is 1. The molecule has 1 aromatic heterocycles. The number of hydrogen-bond acceptors (Lipinski definition) is 6. The smallest absolute Gasteiger partial charge is 0.277 e. The van der Waals surface area contributed by atoms with Crippen LogP contribution in [0.15, 0.2) is 9.64 Å². The van der Waals surface area contributed by atoms with E-state index in [4.69, 9.17) is 4.42 Å². The van der Waals surface area contributed by atoms with E-state index in [2.05, 4.69) is 29.4 Å². The second-order valence-corrected chi connectivity index (χ2v) is 7.42. The van der Waals surface area contributed by atoms with E-state index >= 15 is 0 Å². The van der Waals surface area contributed by atoms with E-state index in [1.54, 1.807) is 11.8 Å². The highest BCUT2D eigenvalue weighted by Crippen LogP contribution is 2.29. The Balaban J connectivity index is 1.76. The summed E-state index contributed by atoms with van der Waals surface area (Å²) in [5.74, 6) is 2.93. The molecular formula is C14H23N3O2S2. The van der Waals surface area contributed by atoms with E-state index in [0.717, 1.165) is 6.42 Å². The summed E-state index contributed by atoms with van der Waals surface area (Å²) in [6.07, 6.45) is 5.53. The van der Waals surface area contributed by atoms with Crippen LogP contribution in [-0.4, -0.2) is 34.2 Å². The van der Waals surface area contributed by atoms with Crippen molar-refractivity contribution >= 4 is 29.4 Å². The van der Waals surface area contributed by atoms with Crippen molar-refractivity contribution in [2.24, 2.45) is 11.8 Å². The number of amides is 1. The number of nitrogens with zero attached hydrogens (tertiary/aromatic N) is 2. The lowest BCUT2D eigenvalue weighted by Gasteiger charge is -2.34. The van der Waals surface area contributed by atoms with Crippen molar-refractivity contribution in [1.29, 1.82) is 0 Å². The number of thioether (sulfide) groups is 2. The molecule has 0 saturated heterocycles. The van der Waals surface area contributed by atoms with Gasteiger partial charge in [0.25, 0.3) is 5.22 Å². The van der Waals surface area contributed by atoms with Crippen LogP contribution in [0.4, 0.5) is 0 Å². The third-order valence-corrected chi connectivity index (χ3v) is 5.45. The van der Waals surface area contributed by atoms with Crippen LogP contribution >= 0.6 is 23.5 Å². The molecule has 7 heteroatoms. The molecule has 0 bridgehead atoms. The molecule has 1 amide bonds. The lowest BCUT2D eigenvalue weighted by molar-refractivity contribution is -0.120. The molecule has 118 valence electrons. The van der Waals surface area contributed by atoms with Gasteiger partial charge in [0.1, 0.15) is 0 Å². The quantitative estimate of drug-likeness (QED) is 0.809. The van der Waals surface area contributed by atoms with Gasteiger partial charge in [0.2, 0.25) is 11.8 Å². The fourth-order valence-corrected chi connectivity index (χ4v) is 3.59. The number of aromatic nitrogens is 2. The Morgan fingerprint density at radius 2 is 2.19 bits per heavy atom. The summed E-state index contributed by atoms with van der Waals surface area (Å²) < 4.78 is 5.44. The highest BCUT2D eigenvalue weighted by Gasteiger charge is 2.28. The molecular weight excluding hydrogens is 306 g/mol. The monoisotopic (exact) mass is 329 g/mol. The average Bonchev–Trinajstić information content (AvgIpc) is 2.90. The van der Waals surface area contributed by atoms with Crippen molar-refractivity contribution in [3.05, 3.63) is 5.89 Å². The molecule has 1 aliphatic carbocycles. The molecule has 3 unspecified atom stereocenters. The topological polar surface area (TPSA) is 68.0 Å². The van der Waals surface area contributed by atoms with Crippen LogP contribution in [0.1, 0.15) is 39.0 Å². The Kier molecular flexibility index (Phi) is 6.41. The van der Waals surface area contributed by atoms with Crippen LogP contribution in [0.5, 0.6) is 0 Å². The van der Waals surface area contributed by atoms with Crippen molar-refractivity contribution in [2.45, 2.75) is 50.1 Å². The van der Waals surface area contributed by atoms with Crippen LogP contribution in [0.25, 0.3) is 0 Å². The summed E-state index contributed by atoms with van der Waals surface area (Å²) in [5, 5.41) is 11.5. The third kappa shape index (κ3) is 4.92. The van der Waals surface area contributed by atoms with Crippen molar-refractivity contribution < 1.29 is 9.21 Å². The number of carbonyl (C=O) groups excluding carboxylic acids is 1. The van der Waals surface area contributed by atoms with E-state index in [-0.39, 0.29) is 5.91 Å². The normalized spacial score (nSPS) is 25.8. The van der Waals surface area contributed by atoms with E-state index < -0.39 is 0 Å². The Bertz CT molecular complexity index is 467. The van der Waals surface area contributed by atoms with Gasteiger partial charge in [-0.25, -0.2) is 0 Å². The lowest BCUT2D eigenvalue weighted by Crippen LogP contribution is -2.44. The van der Waals surface area contributed by atoms with E-state index in [1.807, 2.05) is 6.26 Å². The summed E-state index contributed by atoms with van der Waals surface area (Å²) in [6, 6.07) is 0.302. The largest absolute Gasteiger partial charge is 0.415 e. The minimum absolute atomic E-state index is 0.0515. The maximum atomic E-state index is 12.0. The van der Waals surface area contributed by atoms with E-state index in [0.29, 0.717) is 40.5 Å². The van der Waals surface area contributed by atoms with Gasteiger partial charge in [-0.2, -0.15) is 11.8 Å². The van der Waals surface area contributed by atoms with Gasteiger partial charge < -0.3 is 9.73 Å². The van der Waals surface area contributed by atoms with Crippen LogP contribution in [0, 0.1) is 11.8 Å². The fraction of sp³-hybridized carbons (Fsp3) is 0.786. The minimum Gasteiger partial charge on any atom is -0.415 e. The summed E-state index contributed by atoms with van der Waals surface area (Å²) in [7, 11) is 0. The molecule has 1 saturated carbocycles. The predicted octanol–water partition coefficient (Wildman–Crippen LogP) is 2.97. The molecule has 21 heavy (non-hydrogen) atoms. The first-order valence-corrected chi connectivity index (χ1v) is 9.71. The summed E-state index contributed by atoms with van der Waals surface area (Å²) in [6.45, 7) is 4.50. The molecule has 3 atom stereocenters. The Morgan fingerprint density at radius 1 is 1.38 bits per heavy atom. The van der Waals surface area contributed by atoms with Crippen LogP contribution in [0.3, 0.4) is 0 Å². The minimum atomic E-state index is 0.0515. The van der Waals surface area contributed by atoms with Gasteiger partial charge in [-0.3, -0.25) is 4.79 Å². The van der Waals surface area contributed by atoms with Gasteiger partial charge in [-0.15, -0.1) is 10.2 Å². The Morgan fingerprint density at radius 3 is 2.95 bits per heavy atom. The molecule has 1 fully saturated rings. The predicted molar refractivity (Wildman–Crippen MR) is 86.4 cm³/mol. The number of nitrogens with one attached hydrogen (secondary N) is 1. The average molecular weight is 329 g/mol. The zero-order valence-electron chi connectivity index (χ0n) is 12.8. The van der Waals surface area contributed by atoms with Gasteiger partial charge in [-0.1, -0.05) is 38.5 Å². The maximum absolute atomic E-state index is 12.0. The van der Waals surface area contributed by atoms with Crippen molar-refractivity contribution in [3.63, 3.8) is 0 Å². The van der Waals surface area contributed by atoms with Gasteiger partial charge in [0, 0.05) is 6.04 Å². The maximum Gasteiger partial charge on any atom is 0.277 e. The third-order valence-electron chi connectivity index (χ3n) is 4.10. The van der Waals surface area contributed by atoms with Crippen LogP contribution in [0.2, 0.25) is 0 Å². The fourth-order valence-electron chi connectivity index (χ4n) is 2.64. The first-order chi connectivity index (χ1) is 10.1. The van der Waals surface area contributed by atoms with E-state index in [9.17, 15) is 4.79 Å². The molecule has 1 aliphatic rings. The molecule has 5 nitrogen and oxygen atoms in total. The summed E-state index contributed by atoms with van der Waals surface area (Å²) >= 11 is 2.94. The van der Waals surface area contributed by atoms with Crippen LogP contribution < -0.4 is 5.32 Å². The van der Waals surface area contributed by atoms with Crippen molar-refractivity contribution in [2.75, 3.05) is 12.0 Å². The first-order valence-electron chi connectivity index (χ1n) is 7.33. The summed E-state index contributed by atoms with van der Waals surface area (Å²) in [4.78, 5) is 12.0. The molecule has 0 radical (unpaired) electrons. The zero-order chi connectivity index (χ0) is 15.2. The molecule has 1 aromatic rings. The number of rotatable bonds is 6. The Hall–Kier alpha value is -0.690. The Labute approximate surface area is 134 Å². The van der Waals surface area contributed by atoms with Crippen molar-refractivity contribution in [3.8, 4) is 0 Å². The highest BCUT2D eigenvalue weighted by molar-refractivity contribution is 7.99. The zero-order valence-corrected chi connectivity index (χ0v) is 14.4. The molecule has 2 rings (SSSR count). The second-order valence-electron chi connectivity index (χ2n) is 5.62. The lowest BCUT2D eigenvalue weighted by atomic mass is 9.78. The number of hydrogen-bond donors (Lipinski definition) is 1. The first kappa shape index (κ1) is 16.7. The van der Waals surface area contributed by atoms with Gasteiger partial charge >= 0.3 is 0 Å². The molecule has 0 spiro atoms. The molecule has 1 heterocycles. The standard InChI is InChI=1S/C14H23N3O2S2/c1-9-5-4-6-11(10(9)2)15-12(18)7-21-14-17-16-13(19-14)8-20-3/h9-11H,4-8H2,1-3H3,(H,15,18). The van der Waals surface area contributed by atoms with Gasteiger partial charge in [0.05, 0.1) is 11.5 Å². The molecule has 1 N–H and O–H groups in total. The van der Waals surface area contributed by atoms with E-state index in [1.165, 1.54) is 24.6 Å². The molecule has 0 aromatic carbocycles. The molecule has 0 aliphatic heterocycles. The summed E-state index contributed by atoms with van der Waals surface area (Å²) in [5.41, 5.74) is 0. The van der Waals surface area contributed by atoms with Gasteiger partial charge in [-0.05, 0) is 24.5 Å².